The summed E-state index contributed by atoms with van der Waals surface area (Å²) < 4.78 is 34.1. The Morgan fingerprint density at radius 3 is 2.15 bits per heavy atom. The van der Waals surface area contributed by atoms with Crippen LogP contribution in [0.4, 0.5) is 5.69 Å². The molecule has 1 heterocycles. The molecule has 0 aliphatic carbocycles. The standard InChI is InChI=1S/C12H17N2.CH4O4S/c1-13-9-12(14(2,3)4)10-7-5-6-8-11(10)13;1-5-6(2,3)4/h5-9H,1-4H3;1H3,(H,2,3,4)/q+1;/p-1. The first-order valence-electron chi connectivity index (χ1n) is 5.94. The molecular formula is C13H20N2O4S. The predicted molar refractivity (Wildman–Crippen MR) is 79.2 cm³/mol. The molecular weight excluding hydrogens is 280 g/mol. The highest BCUT2D eigenvalue weighted by molar-refractivity contribution is 7.80. The Bertz CT molecular complexity index is 684. The van der Waals surface area contributed by atoms with Gasteiger partial charge in [-0.05, 0) is 12.1 Å². The minimum Gasteiger partial charge on any atom is -0.726 e. The number of para-hydroxylation sites is 1. The molecule has 0 bridgehead atoms. The summed E-state index contributed by atoms with van der Waals surface area (Å²) in [5, 5.41) is 1.35. The zero-order valence-electron chi connectivity index (χ0n) is 12.3. The van der Waals surface area contributed by atoms with Crippen LogP contribution in [0.5, 0.6) is 0 Å². The first-order chi connectivity index (χ1) is 9.06. The van der Waals surface area contributed by atoms with Crippen molar-refractivity contribution < 1.29 is 17.2 Å². The molecule has 0 N–H and O–H groups in total. The van der Waals surface area contributed by atoms with Gasteiger partial charge in [-0.25, -0.2) is 8.42 Å². The zero-order chi connectivity index (χ0) is 15.6. The Kier molecular flexibility index (Phi) is 4.93. The van der Waals surface area contributed by atoms with Gasteiger partial charge in [-0.1, -0.05) is 12.1 Å². The highest BCUT2D eigenvalue weighted by Crippen LogP contribution is 2.29. The molecule has 2 aromatic rings. The van der Waals surface area contributed by atoms with Crippen molar-refractivity contribution in [2.75, 3.05) is 28.3 Å². The molecule has 1 aromatic carbocycles. The van der Waals surface area contributed by atoms with E-state index < -0.39 is 10.4 Å². The summed E-state index contributed by atoms with van der Waals surface area (Å²) in [6, 6.07) is 8.53. The van der Waals surface area contributed by atoms with Crippen molar-refractivity contribution in [3.05, 3.63) is 30.5 Å². The quantitative estimate of drug-likeness (QED) is 0.478. The van der Waals surface area contributed by atoms with Gasteiger partial charge >= 0.3 is 0 Å². The maximum atomic E-state index is 9.22. The number of aryl methyl sites for hydroxylation is 1. The molecule has 0 aliphatic rings. The molecule has 0 spiro atoms. The summed E-state index contributed by atoms with van der Waals surface area (Å²) in [7, 11) is 5.08. The molecule has 0 fully saturated rings. The third kappa shape index (κ3) is 4.31. The van der Waals surface area contributed by atoms with Crippen LogP contribution in [0.3, 0.4) is 0 Å². The van der Waals surface area contributed by atoms with E-state index in [9.17, 15) is 13.0 Å². The van der Waals surface area contributed by atoms with Crippen LogP contribution >= 0.6 is 0 Å². The van der Waals surface area contributed by atoms with Crippen LogP contribution in [-0.4, -0.2) is 45.8 Å². The Balaban J connectivity index is 0.000000286. The largest absolute Gasteiger partial charge is 0.726 e. The molecule has 0 atom stereocenters. The predicted octanol–water partition coefficient (Wildman–Crippen LogP) is 1.47. The van der Waals surface area contributed by atoms with Crippen LogP contribution in [0.25, 0.3) is 10.9 Å². The third-order valence-electron chi connectivity index (χ3n) is 2.80. The van der Waals surface area contributed by atoms with Crippen molar-refractivity contribution in [3.63, 3.8) is 0 Å². The summed E-state index contributed by atoms with van der Waals surface area (Å²) in [6.45, 7) is 0. The summed E-state index contributed by atoms with van der Waals surface area (Å²) in [6.07, 6.45) is 2.21. The number of fused-ring (bicyclic) bond motifs is 1. The second-order valence-corrected chi connectivity index (χ2v) is 6.38. The van der Waals surface area contributed by atoms with Crippen LogP contribution < -0.4 is 4.48 Å². The van der Waals surface area contributed by atoms with E-state index >= 15 is 0 Å². The summed E-state index contributed by atoms with van der Waals surface area (Å²) in [5.74, 6) is 0. The summed E-state index contributed by atoms with van der Waals surface area (Å²) in [5.41, 5.74) is 2.67. The lowest BCUT2D eigenvalue weighted by atomic mass is 10.2. The second kappa shape index (κ2) is 5.92. The molecule has 112 valence electrons. The number of aromatic nitrogens is 1. The monoisotopic (exact) mass is 300 g/mol. The summed E-state index contributed by atoms with van der Waals surface area (Å²) in [4.78, 5) is 0. The Labute approximate surface area is 119 Å². The number of rotatable bonds is 2. The highest BCUT2D eigenvalue weighted by Gasteiger charge is 2.18. The maximum absolute atomic E-state index is 9.22. The SMILES string of the molecule is COS(=O)(=O)[O-].Cn1cc([N+](C)(C)C)c2ccccc21. The Hall–Kier alpha value is -1.41. The van der Waals surface area contributed by atoms with Crippen LogP contribution in [0.15, 0.2) is 30.5 Å². The number of hydrogen-bond acceptors (Lipinski definition) is 4. The lowest BCUT2D eigenvalue weighted by Crippen LogP contribution is -2.34. The van der Waals surface area contributed by atoms with Crippen molar-refractivity contribution >= 4 is 27.0 Å². The van der Waals surface area contributed by atoms with Crippen molar-refractivity contribution in [1.82, 2.24) is 9.05 Å². The lowest BCUT2D eigenvalue weighted by molar-refractivity contribution is 0.314. The van der Waals surface area contributed by atoms with Crippen LogP contribution in [0.1, 0.15) is 0 Å². The minimum atomic E-state index is -4.41. The van der Waals surface area contributed by atoms with E-state index in [1.165, 1.54) is 16.6 Å². The number of hydrogen-bond donors (Lipinski definition) is 0. The Morgan fingerprint density at radius 1 is 1.20 bits per heavy atom. The lowest BCUT2D eigenvalue weighted by Gasteiger charge is -2.22. The normalized spacial score (nSPS) is 12.1. The molecule has 0 saturated carbocycles. The minimum absolute atomic E-state index is 0.808. The van der Waals surface area contributed by atoms with Gasteiger partial charge in [0.2, 0.25) is 10.4 Å². The fourth-order valence-corrected chi connectivity index (χ4v) is 1.85. The molecule has 0 radical (unpaired) electrons. The maximum Gasteiger partial charge on any atom is 0.217 e. The van der Waals surface area contributed by atoms with E-state index in [0.717, 1.165) is 11.6 Å². The number of nitrogens with zero attached hydrogens (tertiary/aromatic N) is 2. The first kappa shape index (κ1) is 16.6. The van der Waals surface area contributed by atoms with Crippen molar-refractivity contribution in [1.29, 1.82) is 0 Å². The highest BCUT2D eigenvalue weighted by atomic mass is 32.3. The smallest absolute Gasteiger partial charge is 0.217 e. The average molecular weight is 300 g/mol. The van der Waals surface area contributed by atoms with Gasteiger partial charge in [-0.15, -0.1) is 0 Å². The number of benzene rings is 1. The van der Waals surface area contributed by atoms with Crippen LogP contribution in [0, 0.1) is 0 Å². The van der Waals surface area contributed by atoms with Crippen molar-refractivity contribution in [2.45, 2.75) is 0 Å². The third-order valence-corrected chi connectivity index (χ3v) is 3.21. The molecule has 2 rings (SSSR count). The molecule has 0 unspecified atom stereocenters. The molecule has 6 nitrogen and oxygen atoms in total. The zero-order valence-corrected chi connectivity index (χ0v) is 13.1. The van der Waals surface area contributed by atoms with Crippen LogP contribution in [0.2, 0.25) is 0 Å². The number of quaternary nitrogens is 1. The first-order valence-corrected chi connectivity index (χ1v) is 7.27. The van der Waals surface area contributed by atoms with Crippen molar-refractivity contribution in [3.8, 4) is 0 Å². The molecule has 20 heavy (non-hydrogen) atoms. The second-order valence-electron chi connectivity index (χ2n) is 5.23. The van der Waals surface area contributed by atoms with Gasteiger partial charge in [0, 0.05) is 7.05 Å². The molecule has 0 amide bonds. The van der Waals surface area contributed by atoms with Gasteiger partial charge in [0.15, 0.2) is 5.69 Å². The van der Waals surface area contributed by atoms with E-state index in [1.54, 1.807) is 0 Å². The van der Waals surface area contributed by atoms with Gasteiger partial charge in [-0.3, -0.25) is 8.67 Å². The van der Waals surface area contributed by atoms with Gasteiger partial charge in [0.1, 0.15) is 0 Å². The van der Waals surface area contributed by atoms with E-state index in [-0.39, 0.29) is 0 Å². The van der Waals surface area contributed by atoms with Gasteiger partial charge in [0.25, 0.3) is 0 Å². The summed E-state index contributed by atoms with van der Waals surface area (Å²) >= 11 is 0. The van der Waals surface area contributed by atoms with Crippen molar-refractivity contribution in [2.24, 2.45) is 7.05 Å². The van der Waals surface area contributed by atoms with E-state index in [0.29, 0.717) is 0 Å². The van der Waals surface area contributed by atoms with Gasteiger partial charge < -0.3 is 9.12 Å². The molecule has 1 aromatic heterocycles. The molecule has 0 aliphatic heterocycles. The van der Waals surface area contributed by atoms with E-state index in [2.05, 4.69) is 67.4 Å². The molecule has 0 saturated heterocycles. The Morgan fingerprint density at radius 2 is 1.70 bits per heavy atom. The van der Waals surface area contributed by atoms with E-state index in [4.69, 9.17) is 0 Å². The fraction of sp³-hybridized carbons (Fsp3) is 0.385. The average Bonchev–Trinajstić information content (AvgIpc) is 2.67. The van der Waals surface area contributed by atoms with Gasteiger partial charge in [-0.2, -0.15) is 0 Å². The van der Waals surface area contributed by atoms with Gasteiger partial charge in [0.05, 0.1) is 45.4 Å². The fourth-order valence-electron chi connectivity index (χ4n) is 1.85. The van der Waals surface area contributed by atoms with E-state index in [1.807, 2.05) is 0 Å². The van der Waals surface area contributed by atoms with Crippen LogP contribution in [-0.2, 0) is 21.6 Å². The molecule has 7 heteroatoms. The topological polar surface area (TPSA) is 71.4 Å².